The van der Waals surface area contributed by atoms with Gasteiger partial charge in [0.05, 0.1) is 18.5 Å². The molecule has 0 radical (unpaired) electrons. The minimum Gasteiger partial charge on any atom is -0.516 e. The Bertz CT molecular complexity index is 655. The van der Waals surface area contributed by atoms with E-state index in [0.717, 1.165) is 48.0 Å². The van der Waals surface area contributed by atoms with Gasteiger partial charge < -0.3 is 9.84 Å². The van der Waals surface area contributed by atoms with Crippen LogP contribution in [0.25, 0.3) is 0 Å². The van der Waals surface area contributed by atoms with Crippen LogP contribution in [0, 0.1) is 46.3 Å². The van der Waals surface area contributed by atoms with Crippen LogP contribution in [0.15, 0.2) is 11.8 Å². The molecule has 0 spiro atoms. The highest BCUT2D eigenvalue weighted by Crippen LogP contribution is 2.70. The van der Waals surface area contributed by atoms with E-state index in [1.807, 2.05) is 6.92 Å². The molecule has 5 fully saturated rings. The molecule has 1 saturated heterocycles. The molecule has 0 amide bonds. The van der Waals surface area contributed by atoms with Crippen LogP contribution in [-0.2, 0) is 4.74 Å². The fourth-order valence-corrected chi connectivity index (χ4v) is 9.75. The van der Waals surface area contributed by atoms with Crippen LogP contribution >= 0.6 is 0 Å². The summed E-state index contributed by atoms with van der Waals surface area (Å²) in [5.74, 6) is 5.30. The monoisotopic (exact) mass is 400 g/mol. The number of hydrogen-bond donors (Lipinski definition) is 1. The van der Waals surface area contributed by atoms with Crippen LogP contribution in [0.2, 0.25) is 0 Å². The molecule has 2 unspecified atom stereocenters. The van der Waals surface area contributed by atoms with Gasteiger partial charge in [0, 0.05) is 0 Å². The highest BCUT2D eigenvalue weighted by Gasteiger charge is 2.65. The Morgan fingerprint density at radius 1 is 1.03 bits per heavy atom. The van der Waals surface area contributed by atoms with Crippen molar-refractivity contribution in [2.75, 3.05) is 0 Å². The number of hydrogen-bond acceptors (Lipinski definition) is 2. The summed E-state index contributed by atoms with van der Waals surface area (Å²) in [4.78, 5) is 0. The molecule has 0 aromatic heterocycles. The van der Waals surface area contributed by atoms with Crippen molar-refractivity contribution in [3.05, 3.63) is 11.8 Å². The zero-order chi connectivity index (χ0) is 20.4. The number of aliphatic hydroxyl groups is 1. The lowest BCUT2D eigenvalue weighted by Crippen LogP contribution is -2.53. The molecular weight excluding hydrogens is 356 g/mol. The third kappa shape index (κ3) is 2.98. The normalized spacial score (nSPS) is 54.4. The molecule has 0 aromatic rings. The number of rotatable bonds is 3. The molecule has 2 nitrogen and oxygen atoms in total. The van der Waals surface area contributed by atoms with Gasteiger partial charge in [-0.15, -0.1) is 0 Å². The maximum absolute atomic E-state index is 9.24. The SMILES string of the molecule is CC(=CO)CCC1O[C@H]2C[C@H]3[C@@H]4CCC5CCCC[C@]5(C)[C@H]4CC[C@]3(C)[C@H]2[C@@H]1C. The quantitative estimate of drug-likeness (QED) is 0.504. The van der Waals surface area contributed by atoms with Gasteiger partial charge in [0.2, 0.25) is 0 Å². The smallest absolute Gasteiger partial charge is 0.0780 e. The van der Waals surface area contributed by atoms with Gasteiger partial charge in [-0.1, -0.05) is 33.6 Å². The highest BCUT2D eigenvalue weighted by molar-refractivity contribution is 5.14. The minimum absolute atomic E-state index is 0.391. The molecule has 10 atom stereocenters. The van der Waals surface area contributed by atoms with Crippen molar-refractivity contribution < 1.29 is 9.84 Å². The lowest BCUT2D eigenvalue weighted by atomic mass is 9.44. The van der Waals surface area contributed by atoms with E-state index in [1.165, 1.54) is 64.0 Å². The van der Waals surface area contributed by atoms with Crippen LogP contribution in [-0.4, -0.2) is 17.3 Å². The van der Waals surface area contributed by atoms with Gasteiger partial charge >= 0.3 is 0 Å². The van der Waals surface area contributed by atoms with Gasteiger partial charge in [-0.25, -0.2) is 0 Å². The van der Waals surface area contributed by atoms with Gasteiger partial charge in [0.25, 0.3) is 0 Å². The second-order valence-electron chi connectivity index (χ2n) is 12.3. The highest BCUT2D eigenvalue weighted by atomic mass is 16.5. The van der Waals surface area contributed by atoms with Gasteiger partial charge in [-0.05, 0) is 117 Å². The molecule has 4 saturated carbocycles. The zero-order valence-corrected chi connectivity index (χ0v) is 19.3. The number of ether oxygens (including phenoxy) is 1. The molecule has 1 N–H and O–H groups in total. The van der Waals surface area contributed by atoms with Gasteiger partial charge in [0.15, 0.2) is 0 Å². The first-order valence-corrected chi connectivity index (χ1v) is 12.8. The number of aliphatic hydroxyl groups excluding tert-OH is 1. The van der Waals surface area contributed by atoms with E-state index >= 15 is 0 Å². The molecule has 1 aliphatic heterocycles. The van der Waals surface area contributed by atoms with Crippen LogP contribution in [0.3, 0.4) is 0 Å². The van der Waals surface area contributed by atoms with E-state index < -0.39 is 0 Å². The first-order valence-electron chi connectivity index (χ1n) is 12.8. The lowest BCUT2D eigenvalue weighted by Gasteiger charge is -2.60. The second kappa shape index (κ2) is 7.28. The Kier molecular flexibility index (Phi) is 5.12. The summed E-state index contributed by atoms with van der Waals surface area (Å²) in [7, 11) is 0. The van der Waals surface area contributed by atoms with Gasteiger partial charge in [-0.2, -0.15) is 0 Å². The second-order valence-corrected chi connectivity index (χ2v) is 12.3. The fraction of sp³-hybridized carbons (Fsp3) is 0.926. The number of allylic oxidation sites excluding steroid dienone is 1. The van der Waals surface area contributed by atoms with Crippen LogP contribution in [0.5, 0.6) is 0 Å². The van der Waals surface area contributed by atoms with Crippen molar-refractivity contribution in [3.8, 4) is 0 Å². The van der Waals surface area contributed by atoms with Crippen molar-refractivity contribution in [2.45, 2.75) is 111 Å². The third-order valence-electron chi connectivity index (χ3n) is 11.2. The molecule has 2 heteroatoms. The molecule has 0 bridgehead atoms. The Morgan fingerprint density at radius 3 is 2.66 bits per heavy atom. The molecule has 1 heterocycles. The van der Waals surface area contributed by atoms with Crippen LogP contribution in [0.1, 0.15) is 98.3 Å². The lowest BCUT2D eigenvalue weighted by molar-refractivity contribution is -0.115. The van der Waals surface area contributed by atoms with E-state index in [9.17, 15) is 5.11 Å². The standard InChI is InChI=1S/C27H44O2/c1-17(16-28)8-11-23-18(2)25-24(29-23)15-22-20-10-9-19-7-5-6-13-26(19,3)21(20)12-14-27(22,25)4/h16,18-25,28H,5-15H2,1-4H3/t18-,19?,20-,21+,22+,23?,24+,25+,26+,27+/m1/s1. The van der Waals surface area contributed by atoms with Gasteiger partial charge in [0.1, 0.15) is 0 Å². The predicted molar refractivity (Wildman–Crippen MR) is 119 cm³/mol. The average molecular weight is 401 g/mol. The molecular formula is C27H44O2. The molecule has 29 heavy (non-hydrogen) atoms. The molecule has 0 aromatic carbocycles. The maximum atomic E-state index is 9.24. The van der Waals surface area contributed by atoms with Crippen LogP contribution < -0.4 is 0 Å². The third-order valence-corrected chi connectivity index (χ3v) is 11.2. The zero-order valence-electron chi connectivity index (χ0n) is 19.3. The first kappa shape index (κ1) is 20.4. The Balaban J connectivity index is 1.34. The molecule has 164 valence electrons. The summed E-state index contributed by atoms with van der Waals surface area (Å²) >= 11 is 0. The van der Waals surface area contributed by atoms with Crippen molar-refractivity contribution in [3.63, 3.8) is 0 Å². The summed E-state index contributed by atoms with van der Waals surface area (Å²) in [6.45, 7) is 9.86. The summed E-state index contributed by atoms with van der Waals surface area (Å²) in [6.07, 6.45) is 17.5. The van der Waals surface area contributed by atoms with Crippen molar-refractivity contribution in [2.24, 2.45) is 46.3 Å². The average Bonchev–Trinajstić information content (AvgIpc) is 3.19. The Morgan fingerprint density at radius 2 is 1.86 bits per heavy atom. The molecule has 4 aliphatic carbocycles. The summed E-state index contributed by atoms with van der Waals surface area (Å²) < 4.78 is 6.75. The van der Waals surface area contributed by atoms with E-state index in [0.29, 0.717) is 29.0 Å². The summed E-state index contributed by atoms with van der Waals surface area (Å²) in [5.41, 5.74) is 2.23. The molecule has 5 aliphatic rings. The van der Waals surface area contributed by atoms with Gasteiger partial charge in [-0.3, -0.25) is 0 Å². The summed E-state index contributed by atoms with van der Waals surface area (Å²) in [5, 5.41) is 9.24. The first-order chi connectivity index (χ1) is 13.9. The fourth-order valence-electron chi connectivity index (χ4n) is 9.75. The van der Waals surface area contributed by atoms with E-state index in [4.69, 9.17) is 4.74 Å². The number of fused-ring (bicyclic) bond motifs is 7. The van der Waals surface area contributed by atoms with Crippen molar-refractivity contribution in [1.82, 2.24) is 0 Å². The van der Waals surface area contributed by atoms with E-state index in [1.54, 1.807) is 0 Å². The molecule has 5 rings (SSSR count). The summed E-state index contributed by atoms with van der Waals surface area (Å²) in [6, 6.07) is 0. The Labute approximate surface area is 178 Å². The predicted octanol–water partition coefficient (Wildman–Crippen LogP) is 7.29. The minimum atomic E-state index is 0.391. The maximum Gasteiger partial charge on any atom is 0.0780 e. The van der Waals surface area contributed by atoms with Crippen molar-refractivity contribution >= 4 is 0 Å². The van der Waals surface area contributed by atoms with Crippen LogP contribution in [0.4, 0.5) is 0 Å². The largest absolute Gasteiger partial charge is 0.516 e. The Hall–Kier alpha value is -0.500. The topological polar surface area (TPSA) is 29.5 Å². The van der Waals surface area contributed by atoms with E-state index in [2.05, 4.69) is 20.8 Å². The van der Waals surface area contributed by atoms with E-state index in [-0.39, 0.29) is 0 Å². The van der Waals surface area contributed by atoms with Crippen molar-refractivity contribution in [1.29, 1.82) is 0 Å².